The number of H-pyrrole nitrogens is 1. The first-order valence-electron chi connectivity index (χ1n) is 4.60. The Balaban J connectivity index is 2.42. The summed E-state index contributed by atoms with van der Waals surface area (Å²) in [5, 5.41) is 6.37. The van der Waals surface area contributed by atoms with Crippen LogP contribution in [0.1, 0.15) is 0 Å². The molecule has 0 fully saturated rings. The molecule has 0 aliphatic carbocycles. The van der Waals surface area contributed by atoms with E-state index in [2.05, 4.69) is 26.1 Å². The van der Waals surface area contributed by atoms with Gasteiger partial charge in [0.2, 0.25) is 0 Å². The van der Waals surface area contributed by atoms with Gasteiger partial charge in [-0.3, -0.25) is 4.79 Å². The van der Waals surface area contributed by atoms with E-state index in [0.29, 0.717) is 10.2 Å². The van der Waals surface area contributed by atoms with Gasteiger partial charge in [-0.2, -0.15) is 5.10 Å². The predicted molar refractivity (Wildman–Crippen MR) is 64.5 cm³/mol. The summed E-state index contributed by atoms with van der Waals surface area (Å²) in [5.74, 6) is 0.784. The second-order valence-electron chi connectivity index (χ2n) is 3.16. The van der Waals surface area contributed by atoms with E-state index in [9.17, 15) is 4.79 Å². The molecule has 0 aliphatic rings. The maximum Gasteiger partial charge on any atom is 0.278 e. The van der Waals surface area contributed by atoms with Gasteiger partial charge in [0.25, 0.3) is 5.56 Å². The quantitative estimate of drug-likeness (QED) is 0.918. The van der Waals surface area contributed by atoms with Crippen LogP contribution in [0, 0.1) is 0 Å². The van der Waals surface area contributed by atoms with E-state index in [-0.39, 0.29) is 5.56 Å². The molecule has 2 rings (SSSR count). The zero-order valence-corrected chi connectivity index (χ0v) is 10.1. The van der Waals surface area contributed by atoms with Gasteiger partial charge in [-0.25, -0.2) is 5.10 Å². The second kappa shape index (κ2) is 4.49. The topological polar surface area (TPSA) is 55.0 Å². The van der Waals surface area contributed by atoms with Crippen molar-refractivity contribution in [2.75, 3.05) is 7.11 Å². The molecule has 0 saturated carbocycles. The van der Waals surface area contributed by atoms with Crippen LogP contribution in [0.25, 0.3) is 11.3 Å². The molecule has 0 amide bonds. The van der Waals surface area contributed by atoms with Crippen molar-refractivity contribution in [3.8, 4) is 17.0 Å². The smallest absolute Gasteiger partial charge is 0.278 e. The zero-order valence-electron chi connectivity index (χ0n) is 8.53. The van der Waals surface area contributed by atoms with Crippen molar-refractivity contribution < 1.29 is 4.74 Å². The Morgan fingerprint density at radius 3 is 2.56 bits per heavy atom. The third-order valence-corrected chi connectivity index (χ3v) is 2.73. The highest BCUT2D eigenvalue weighted by atomic mass is 79.9. The molecule has 1 aromatic heterocycles. The van der Waals surface area contributed by atoms with Gasteiger partial charge in [0.1, 0.15) is 5.75 Å². The largest absolute Gasteiger partial charge is 0.497 e. The summed E-state index contributed by atoms with van der Waals surface area (Å²) in [6, 6.07) is 9.13. The molecule has 0 radical (unpaired) electrons. The Morgan fingerprint density at radius 2 is 2.00 bits per heavy atom. The molecule has 16 heavy (non-hydrogen) atoms. The standard InChI is InChI=1S/C11H9BrN2O2/c1-16-8-4-2-7(3-5-8)10-6-9(12)11(15)14-13-10/h2-6H,1H3,(H,14,15). The summed E-state index contributed by atoms with van der Waals surface area (Å²) in [7, 11) is 1.61. The lowest BCUT2D eigenvalue weighted by molar-refractivity contribution is 0.415. The first kappa shape index (κ1) is 10.9. The summed E-state index contributed by atoms with van der Waals surface area (Å²) in [4.78, 5) is 11.1. The number of hydrogen-bond donors (Lipinski definition) is 1. The summed E-state index contributed by atoms with van der Waals surface area (Å²) in [6.07, 6.45) is 0. The highest BCUT2D eigenvalue weighted by molar-refractivity contribution is 9.10. The molecule has 2 aromatic rings. The first-order valence-corrected chi connectivity index (χ1v) is 5.39. The maximum atomic E-state index is 11.1. The van der Waals surface area contributed by atoms with Crippen LogP contribution in [0.4, 0.5) is 0 Å². The van der Waals surface area contributed by atoms with Crippen LogP contribution in [0.15, 0.2) is 39.6 Å². The Kier molecular flexibility index (Phi) is 3.05. The van der Waals surface area contributed by atoms with E-state index in [1.54, 1.807) is 13.2 Å². The number of nitrogens with one attached hydrogen (secondary N) is 1. The van der Waals surface area contributed by atoms with Crippen molar-refractivity contribution in [1.29, 1.82) is 0 Å². The van der Waals surface area contributed by atoms with Crippen molar-refractivity contribution in [2.24, 2.45) is 0 Å². The molecule has 1 N–H and O–H groups in total. The summed E-state index contributed by atoms with van der Waals surface area (Å²) < 4.78 is 5.53. The predicted octanol–water partition coefficient (Wildman–Crippen LogP) is 2.21. The van der Waals surface area contributed by atoms with Gasteiger partial charge in [-0.05, 0) is 46.3 Å². The number of ether oxygens (including phenoxy) is 1. The molecule has 0 atom stereocenters. The number of halogens is 1. The Bertz CT molecular complexity index is 549. The van der Waals surface area contributed by atoms with Crippen LogP contribution in [-0.4, -0.2) is 17.3 Å². The molecule has 0 saturated heterocycles. The van der Waals surface area contributed by atoms with Gasteiger partial charge in [0.15, 0.2) is 0 Å². The zero-order chi connectivity index (χ0) is 11.5. The number of hydrogen-bond acceptors (Lipinski definition) is 3. The average Bonchev–Trinajstić information content (AvgIpc) is 2.33. The van der Waals surface area contributed by atoms with Crippen molar-refractivity contribution in [1.82, 2.24) is 10.2 Å². The molecule has 1 heterocycles. The molecule has 82 valence electrons. The minimum Gasteiger partial charge on any atom is -0.497 e. The lowest BCUT2D eigenvalue weighted by Gasteiger charge is -2.02. The van der Waals surface area contributed by atoms with Crippen LogP contribution in [-0.2, 0) is 0 Å². The molecule has 0 bridgehead atoms. The van der Waals surface area contributed by atoms with E-state index in [1.807, 2.05) is 24.3 Å². The third kappa shape index (κ3) is 2.14. The van der Waals surface area contributed by atoms with E-state index >= 15 is 0 Å². The fraction of sp³-hybridized carbons (Fsp3) is 0.0909. The maximum absolute atomic E-state index is 11.1. The Hall–Kier alpha value is -1.62. The van der Waals surface area contributed by atoms with Gasteiger partial charge in [0, 0.05) is 5.56 Å². The lowest BCUT2D eigenvalue weighted by atomic mass is 10.1. The fourth-order valence-electron chi connectivity index (χ4n) is 1.29. The van der Waals surface area contributed by atoms with E-state index in [0.717, 1.165) is 11.3 Å². The van der Waals surface area contributed by atoms with Gasteiger partial charge >= 0.3 is 0 Å². The minimum absolute atomic E-state index is 0.239. The van der Waals surface area contributed by atoms with Crippen LogP contribution < -0.4 is 10.3 Å². The van der Waals surface area contributed by atoms with Crippen molar-refractivity contribution in [3.05, 3.63) is 45.2 Å². The molecule has 1 aromatic carbocycles. The minimum atomic E-state index is -0.239. The molecule has 4 nitrogen and oxygen atoms in total. The average molecular weight is 281 g/mol. The number of benzene rings is 1. The van der Waals surface area contributed by atoms with E-state index in [4.69, 9.17) is 4.74 Å². The number of nitrogens with zero attached hydrogens (tertiary/aromatic N) is 1. The lowest BCUT2D eigenvalue weighted by Crippen LogP contribution is -2.08. The van der Waals surface area contributed by atoms with Gasteiger partial charge in [-0.15, -0.1) is 0 Å². The van der Waals surface area contributed by atoms with E-state index < -0.39 is 0 Å². The van der Waals surface area contributed by atoms with E-state index in [1.165, 1.54) is 0 Å². The number of aromatic nitrogens is 2. The summed E-state index contributed by atoms with van der Waals surface area (Å²) in [6.45, 7) is 0. The van der Waals surface area contributed by atoms with Crippen molar-refractivity contribution >= 4 is 15.9 Å². The highest BCUT2D eigenvalue weighted by Gasteiger charge is 2.03. The van der Waals surface area contributed by atoms with Crippen molar-refractivity contribution in [2.45, 2.75) is 0 Å². The van der Waals surface area contributed by atoms with Crippen molar-refractivity contribution in [3.63, 3.8) is 0 Å². The Morgan fingerprint density at radius 1 is 1.31 bits per heavy atom. The molecular formula is C11H9BrN2O2. The van der Waals surface area contributed by atoms with Gasteiger partial charge in [-0.1, -0.05) is 0 Å². The van der Waals surface area contributed by atoms with Crippen LogP contribution in [0.5, 0.6) is 5.75 Å². The number of methoxy groups -OCH3 is 1. The SMILES string of the molecule is COc1ccc(-c2cc(Br)c(=O)[nH]n2)cc1. The normalized spacial score (nSPS) is 10.1. The monoisotopic (exact) mass is 280 g/mol. The number of aromatic amines is 1. The Labute approximate surface area is 100 Å². The summed E-state index contributed by atoms with van der Waals surface area (Å²) in [5.41, 5.74) is 1.38. The van der Waals surface area contributed by atoms with Crippen LogP contribution >= 0.6 is 15.9 Å². The van der Waals surface area contributed by atoms with Gasteiger partial charge < -0.3 is 4.74 Å². The van der Waals surface area contributed by atoms with Crippen LogP contribution in [0.3, 0.4) is 0 Å². The molecule has 0 unspecified atom stereocenters. The molecule has 0 aliphatic heterocycles. The first-order chi connectivity index (χ1) is 7.70. The fourth-order valence-corrected chi connectivity index (χ4v) is 1.60. The summed E-state index contributed by atoms with van der Waals surface area (Å²) >= 11 is 3.16. The molecule has 5 heteroatoms. The van der Waals surface area contributed by atoms with Crippen LogP contribution in [0.2, 0.25) is 0 Å². The third-order valence-electron chi connectivity index (χ3n) is 2.14. The highest BCUT2D eigenvalue weighted by Crippen LogP contribution is 2.20. The second-order valence-corrected chi connectivity index (χ2v) is 4.01. The van der Waals surface area contributed by atoms with Gasteiger partial charge in [0.05, 0.1) is 17.3 Å². The number of rotatable bonds is 2. The molecule has 0 spiro atoms. The molecular weight excluding hydrogens is 272 g/mol.